The van der Waals surface area contributed by atoms with Crippen LogP contribution in [0.2, 0.25) is 0 Å². The average molecular weight is 440 g/mol. The molecular weight excluding hydrogens is 414 g/mol. The summed E-state index contributed by atoms with van der Waals surface area (Å²) in [5.41, 5.74) is 3.90. The number of rotatable bonds is 8. The SMILES string of the molecule is CCC(=O)Nc1c(C)noc1C=Cc1ccc(S(=O)(=O)NCc2ccc(C)cc2)cc1. The third-order valence-corrected chi connectivity index (χ3v) is 6.10. The minimum Gasteiger partial charge on any atom is -0.354 e. The molecule has 0 fully saturated rings. The van der Waals surface area contributed by atoms with Crippen LogP contribution in [0.15, 0.2) is 57.9 Å². The first-order valence-corrected chi connectivity index (χ1v) is 11.4. The largest absolute Gasteiger partial charge is 0.354 e. The average Bonchev–Trinajstić information content (AvgIpc) is 3.11. The van der Waals surface area contributed by atoms with Crippen molar-refractivity contribution < 1.29 is 17.7 Å². The van der Waals surface area contributed by atoms with Crippen LogP contribution in [0.25, 0.3) is 12.2 Å². The molecule has 0 saturated heterocycles. The lowest BCUT2D eigenvalue weighted by Crippen LogP contribution is -2.23. The standard InChI is InChI=1S/C23H25N3O4S/c1-4-22(27)25-23-17(3)26-30-21(23)14-11-18-9-12-20(13-10-18)31(28,29)24-15-19-7-5-16(2)6-8-19/h5-14,24H,4,15H2,1-3H3,(H,25,27). The molecule has 1 aromatic heterocycles. The minimum atomic E-state index is -3.62. The van der Waals surface area contributed by atoms with E-state index < -0.39 is 10.0 Å². The number of anilines is 1. The predicted molar refractivity (Wildman–Crippen MR) is 121 cm³/mol. The molecule has 0 aliphatic rings. The topological polar surface area (TPSA) is 101 Å². The van der Waals surface area contributed by atoms with E-state index in [9.17, 15) is 13.2 Å². The fourth-order valence-electron chi connectivity index (χ4n) is 2.78. The Labute approximate surface area is 182 Å². The molecule has 0 radical (unpaired) electrons. The van der Waals surface area contributed by atoms with E-state index in [1.54, 1.807) is 50.3 Å². The van der Waals surface area contributed by atoms with Crippen LogP contribution < -0.4 is 10.0 Å². The molecule has 3 aromatic rings. The highest BCUT2D eigenvalue weighted by molar-refractivity contribution is 7.89. The van der Waals surface area contributed by atoms with Gasteiger partial charge in [-0.2, -0.15) is 0 Å². The van der Waals surface area contributed by atoms with Gasteiger partial charge in [-0.25, -0.2) is 13.1 Å². The molecule has 31 heavy (non-hydrogen) atoms. The molecule has 2 aromatic carbocycles. The van der Waals surface area contributed by atoms with Crippen LogP contribution in [0.4, 0.5) is 5.69 Å². The molecule has 3 rings (SSSR count). The van der Waals surface area contributed by atoms with Crippen LogP contribution in [-0.2, 0) is 21.4 Å². The number of carbonyl (C=O) groups excluding carboxylic acids is 1. The number of hydrogen-bond donors (Lipinski definition) is 2. The molecule has 0 atom stereocenters. The van der Waals surface area contributed by atoms with E-state index in [-0.39, 0.29) is 17.3 Å². The summed E-state index contributed by atoms with van der Waals surface area (Å²) < 4.78 is 33.0. The van der Waals surface area contributed by atoms with E-state index in [2.05, 4.69) is 15.2 Å². The van der Waals surface area contributed by atoms with Gasteiger partial charge in [0.25, 0.3) is 0 Å². The van der Waals surface area contributed by atoms with Crippen molar-refractivity contribution in [1.82, 2.24) is 9.88 Å². The molecule has 162 valence electrons. The van der Waals surface area contributed by atoms with Crippen molar-refractivity contribution >= 4 is 33.8 Å². The Morgan fingerprint density at radius 1 is 1.03 bits per heavy atom. The molecule has 1 amide bonds. The summed E-state index contributed by atoms with van der Waals surface area (Å²) in [4.78, 5) is 11.9. The Balaban J connectivity index is 1.68. The third kappa shape index (κ3) is 5.90. The number of sulfonamides is 1. The maximum atomic E-state index is 12.5. The zero-order valence-electron chi connectivity index (χ0n) is 17.7. The number of carbonyl (C=O) groups is 1. The summed E-state index contributed by atoms with van der Waals surface area (Å²) in [6, 6.07) is 14.2. The predicted octanol–water partition coefficient (Wildman–Crippen LogP) is 4.29. The van der Waals surface area contributed by atoms with Crippen molar-refractivity contribution in [2.75, 3.05) is 5.32 Å². The number of hydrogen-bond acceptors (Lipinski definition) is 5. The number of nitrogens with zero attached hydrogens (tertiary/aromatic N) is 1. The Bertz CT molecular complexity index is 1180. The van der Waals surface area contributed by atoms with E-state index in [0.29, 0.717) is 23.6 Å². The van der Waals surface area contributed by atoms with Crippen LogP contribution in [0.5, 0.6) is 0 Å². The van der Waals surface area contributed by atoms with Crippen molar-refractivity contribution in [3.63, 3.8) is 0 Å². The van der Waals surface area contributed by atoms with Crippen molar-refractivity contribution in [2.24, 2.45) is 0 Å². The van der Waals surface area contributed by atoms with Gasteiger partial charge in [-0.1, -0.05) is 60.1 Å². The highest BCUT2D eigenvalue weighted by Gasteiger charge is 2.14. The zero-order chi connectivity index (χ0) is 22.4. The van der Waals surface area contributed by atoms with E-state index in [1.165, 1.54) is 0 Å². The monoisotopic (exact) mass is 439 g/mol. The fourth-order valence-corrected chi connectivity index (χ4v) is 3.80. The quantitative estimate of drug-likeness (QED) is 0.545. The summed E-state index contributed by atoms with van der Waals surface area (Å²) >= 11 is 0. The van der Waals surface area contributed by atoms with Gasteiger partial charge in [-0.05, 0) is 43.2 Å². The van der Waals surface area contributed by atoms with Crippen LogP contribution >= 0.6 is 0 Å². The maximum absolute atomic E-state index is 12.5. The van der Waals surface area contributed by atoms with Crippen LogP contribution in [0, 0.1) is 13.8 Å². The van der Waals surface area contributed by atoms with Gasteiger partial charge < -0.3 is 9.84 Å². The van der Waals surface area contributed by atoms with E-state index in [1.807, 2.05) is 31.2 Å². The van der Waals surface area contributed by atoms with Crippen molar-refractivity contribution in [2.45, 2.75) is 38.6 Å². The van der Waals surface area contributed by atoms with Crippen molar-refractivity contribution in [3.05, 3.63) is 76.7 Å². The molecule has 7 nitrogen and oxygen atoms in total. The van der Waals surface area contributed by atoms with E-state index in [0.717, 1.165) is 16.7 Å². The summed E-state index contributed by atoms with van der Waals surface area (Å²) in [6.07, 6.45) is 3.80. The summed E-state index contributed by atoms with van der Waals surface area (Å²) in [5, 5.41) is 6.65. The van der Waals surface area contributed by atoms with Gasteiger partial charge >= 0.3 is 0 Å². The van der Waals surface area contributed by atoms with Gasteiger partial charge in [0.2, 0.25) is 15.9 Å². The highest BCUT2D eigenvalue weighted by Crippen LogP contribution is 2.23. The smallest absolute Gasteiger partial charge is 0.240 e. The number of amides is 1. The second-order valence-corrected chi connectivity index (χ2v) is 8.89. The fraction of sp³-hybridized carbons (Fsp3) is 0.217. The van der Waals surface area contributed by atoms with E-state index in [4.69, 9.17) is 4.52 Å². The number of aromatic nitrogens is 1. The molecule has 0 aliphatic carbocycles. The Morgan fingerprint density at radius 2 is 1.71 bits per heavy atom. The molecule has 0 saturated carbocycles. The molecular formula is C23H25N3O4S. The van der Waals surface area contributed by atoms with Gasteiger partial charge in [0.1, 0.15) is 11.4 Å². The molecule has 0 bridgehead atoms. The third-order valence-electron chi connectivity index (χ3n) is 4.68. The first-order valence-electron chi connectivity index (χ1n) is 9.88. The molecule has 0 spiro atoms. The van der Waals surface area contributed by atoms with Gasteiger partial charge in [0.15, 0.2) is 5.76 Å². The van der Waals surface area contributed by atoms with Gasteiger partial charge in [-0.3, -0.25) is 4.79 Å². The first kappa shape index (κ1) is 22.5. The zero-order valence-corrected chi connectivity index (χ0v) is 18.5. The molecule has 0 unspecified atom stereocenters. The van der Waals surface area contributed by atoms with Crippen molar-refractivity contribution in [3.8, 4) is 0 Å². The summed E-state index contributed by atoms with van der Waals surface area (Å²) in [5.74, 6) is 0.296. The Kier molecular flexibility index (Phi) is 7.04. The Hall–Kier alpha value is -3.23. The molecule has 8 heteroatoms. The second kappa shape index (κ2) is 9.72. The number of benzene rings is 2. The minimum absolute atomic E-state index is 0.131. The van der Waals surface area contributed by atoms with Gasteiger partial charge in [0, 0.05) is 13.0 Å². The first-order chi connectivity index (χ1) is 14.8. The second-order valence-electron chi connectivity index (χ2n) is 7.12. The lowest BCUT2D eigenvalue weighted by molar-refractivity contribution is -0.115. The molecule has 1 heterocycles. The molecule has 2 N–H and O–H groups in total. The normalized spacial score (nSPS) is 11.7. The maximum Gasteiger partial charge on any atom is 0.240 e. The van der Waals surface area contributed by atoms with Gasteiger partial charge in [0.05, 0.1) is 4.90 Å². The summed E-state index contributed by atoms with van der Waals surface area (Å²) in [7, 11) is -3.62. The molecule has 0 aliphatic heterocycles. The van der Waals surface area contributed by atoms with Crippen molar-refractivity contribution in [1.29, 1.82) is 0 Å². The lowest BCUT2D eigenvalue weighted by atomic mass is 10.2. The lowest BCUT2D eigenvalue weighted by Gasteiger charge is -2.07. The number of nitrogens with one attached hydrogen (secondary N) is 2. The van der Waals surface area contributed by atoms with Crippen LogP contribution in [-0.4, -0.2) is 19.5 Å². The van der Waals surface area contributed by atoms with Crippen LogP contribution in [0.1, 0.15) is 41.5 Å². The van der Waals surface area contributed by atoms with Gasteiger partial charge in [-0.15, -0.1) is 0 Å². The van der Waals surface area contributed by atoms with Crippen LogP contribution in [0.3, 0.4) is 0 Å². The highest BCUT2D eigenvalue weighted by atomic mass is 32.2. The number of aryl methyl sites for hydroxylation is 2. The Morgan fingerprint density at radius 3 is 2.35 bits per heavy atom. The summed E-state index contributed by atoms with van der Waals surface area (Å²) in [6.45, 7) is 5.71. The van der Waals surface area contributed by atoms with E-state index >= 15 is 0 Å².